The number of nitrogens with zero attached hydrogens (tertiary/aromatic N) is 3. The number of aryl methyl sites for hydroxylation is 1. The van der Waals surface area contributed by atoms with E-state index in [1.807, 2.05) is 43.3 Å². The third-order valence-electron chi connectivity index (χ3n) is 5.27. The number of carbonyl (C=O) groups excluding carboxylic acids is 3. The van der Waals surface area contributed by atoms with Crippen molar-refractivity contribution in [2.24, 2.45) is 11.8 Å². The van der Waals surface area contributed by atoms with Crippen molar-refractivity contribution >= 4 is 17.8 Å². The molecule has 2 heterocycles. The van der Waals surface area contributed by atoms with Crippen LogP contribution in [-0.4, -0.2) is 39.4 Å². The molecule has 0 bridgehead atoms. The summed E-state index contributed by atoms with van der Waals surface area (Å²) in [5.74, 6) is -0.911. The molecule has 0 N–H and O–H groups in total. The second-order valence-corrected chi connectivity index (χ2v) is 7.27. The molecule has 8 heteroatoms. The number of allylic oxidation sites excluding steroid dienone is 2. The van der Waals surface area contributed by atoms with Gasteiger partial charge in [-0.05, 0) is 19.8 Å². The van der Waals surface area contributed by atoms with E-state index in [0.717, 1.165) is 11.1 Å². The summed E-state index contributed by atoms with van der Waals surface area (Å²) < 4.78 is 10.3. The average Bonchev–Trinajstić information content (AvgIpc) is 3.30. The molecule has 0 unspecified atom stereocenters. The van der Waals surface area contributed by atoms with E-state index < -0.39 is 5.97 Å². The van der Waals surface area contributed by atoms with Crippen LogP contribution in [0.5, 0.6) is 0 Å². The van der Waals surface area contributed by atoms with Crippen LogP contribution < -0.4 is 0 Å². The first-order chi connectivity index (χ1) is 14.0. The van der Waals surface area contributed by atoms with E-state index in [0.29, 0.717) is 18.7 Å². The maximum absolute atomic E-state index is 12.4. The molecule has 2 aromatic rings. The molecule has 0 spiro atoms. The molecule has 0 saturated carbocycles. The predicted octanol–water partition coefficient (Wildman–Crippen LogP) is 2.43. The lowest BCUT2D eigenvalue weighted by Crippen LogP contribution is -2.33. The standard InChI is InChI=1S/C21H21N3O5/c1-13-6-8-14(9-7-13)19-22-17(29-23-19)12-28-18(25)10-11-24-20(26)15-4-2-3-5-16(15)21(24)27/h2-3,6-9,15-16H,4-5,10-12H2,1H3/t15-,16+. The summed E-state index contributed by atoms with van der Waals surface area (Å²) >= 11 is 0. The quantitative estimate of drug-likeness (QED) is 0.420. The van der Waals surface area contributed by atoms with Gasteiger partial charge in [-0.15, -0.1) is 0 Å². The highest BCUT2D eigenvalue weighted by atomic mass is 16.6. The molecular weight excluding hydrogens is 374 g/mol. The molecule has 29 heavy (non-hydrogen) atoms. The second-order valence-electron chi connectivity index (χ2n) is 7.27. The number of amides is 2. The van der Waals surface area contributed by atoms with Gasteiger partial charge < -0.3 is 9.26 Å². The van der Waals surface area contributed by atoms with E-state index in [4.69, 9.17) is 9.26 Å². The lowest BCUT2D eigenvalue weighted by molar-refractivity contribution is -0.147. The highest BCUT2D eigenvalue weighted by Gasteiger charge is 2.46. The number of esters is 1. The highest BCUT2D eigenvalue weighted by molar-refractivity contribution is 6.05. The Kier molecular flexibility index (Phi) is 5.24. The number of hydrogen-bond acceptors (Lipinski definition) is 7. The van der Waals surface area contributed by atoms with Crippen LogP contribution in [0.3, 0.4) is 0 Å². The summed E-state index contributed by atoms with van der Waals surface area (Å²) in [7, 11) is 0. The van der Waals surface area contributed by atoms with Crippen LogP contribution in [0.25, 0.3) is 11.4 Å². The van der Waals surface area contributed by atoms with Gasteiger partial charge in [0.15, 0.2) is 6.61 Å². The largest absolute Gasteiger partial charge is 0.456 e. The van der Waals surface area contributed by atoms with Crippen LogP contribution >= 0.6 is 0 Å². The van der Waals surface area contributed by atoms with Crippen LogP contribution in [0.1, 0.15) is 30.7 Å². The van der Waals surface area contributed by atoms with E-state index in [9.17, 15) is 14.4 Å². The summed E-state index contributed by atoms with van der Waals surface area (Å²) in [5, 5.41) is 3.88. The Morgan fingerprint density at radius 3 is 2.45 bits per heavy atom. The maximum Gasteiger partial charge on any atom is 0.308 e. The van der Waals surface area contributed by atoms with Crippen LogP contribution in [0, 0.1) is 18.8 Å². The Bertz CT molecular complexity index is 937. The summed E-state index contributed by atoms with van der Waals surface area (Å²) in [6.07, 6.45) is 4.95. The zero-order chi connectivity index (χ0) is 20.4. The van der Waals surface area contributed by atoms with Crippen LogP contribution in [0.2, 0.25) is 0 Å². The van der Waals surface area contributed by atoms with Gasteiger partial charge in [0.1, 0.15) is 0 Å². The van der Waals surface area contributed by atoms with E-state index >= 15 is 0 Å². The zero-order valence-electron chi connectivity index (χ0n) is 16.0. The van der Waals surface area contributed by atoms with Crippen LogP contribution in [0.4, 0.5) is 0 Å². The summed E-state index contributed by atoms with van der Waals surface area (Å²) in [6, 6.07) is 7.65. The molecule has 2 aliphatic rings. The van der Waals surface area contributed by atoms with Gasteiger partial charge in [-0.1, -0.05) is 47.1 Å². The molecule has 1 fully saturated rings. The fraction of sp³-hybridized carbons (Fsp3) is 0.381. The topological polar surface area (TPSA) is 103 Å². The smallest absolute Gasteiger partial charge is 0.308 e. The normalized spacial score (nSPS) is 20.8. The van der Waals surface area contributed by atoms with Gasteiger partial charge in [0.2, 0.25) is 17.6 Å². The Morgan fingerprint density at radius 2 is 1.79 bits per heavy atom. The Balaban J connectivity index is 1.27. The van der Waals surface area contributed by atoms with Crippen molar-refractivity contribution in [1.82, 2.24) is 15.0 Å². The van der Waals surface area contributed by atoms with Crippen LogP contribution in [0.15, 0.2) is 40.9 Å². The Morgan fingerprint density at radius 1 is 1.14 bits per heavy atom. The van der Waals surface area contributed by atoms with Gasteiger partial charge in [-0.2, -0.15) is 4.98 Å². The van der Waals surface area contributed by atoms with Crippen molar-refractivity contribution in [3.63, 3.8) is 0 Å². The van der Waals surface area contributed by atoms with Crippen molar-refractivity contribution in [3.8, 4) is 11.4 Å². The minimum atomic E-state index is -0.534. The average molecular weight is 395 g/mol. The van der Waals surface area contributed by atoms with Crippen molar-refractivity contribution in [1.29, 1.82) is 0 Å². The summed E-state index contributed by atoms with van der Waals surface area (Å²) in [5.41, 5.74) is 1.93. The first-order valence-electron chi connectivity index (χ1n) is 9.58. The summed E-state index contributed by atoms with van der Waals surface area (Å²) in [6.45, 7) is 1.86. The summed E-state index contributed by atoms with van der Waals surface area (Å²) in [4.78, 5) is 42.2. The van der Waals surface area contributed by atoms with Gasteiger partial charge in [0.25, 0.3) is 5.89 Å². The number of rotatable bonds is 6. The molecule has 8 nitrogen and oxygen atoms in total. The maximum atomic E-state index is 12.4. The number of imide groups is 1. The van der Waals surface area contributed by atoms with Gasteiger partial charge in [-0.25, -0.2) is 0 Å². The third-order valence-corrected chi connectivity index (χ3v) is 5.27. The molecule has 2 atom stereocenters. The molecular formula is C21H21N3O5. The molecule has 1 aliphatic carbocycles. The highest BCUT2D eigenvalue weighted by Crippen LogP contribution is 2.35. The van der Waals surface area contributed by atoms with Gasteiger partial charge >= 0.3 is 5.97 Å². The second kappa shape index (κ2) is 7.98. The molecule has 4 rings (SSSR count). The van der Waals surface area contributed by atoms with Gasteiger partial charge in [-0.3, -0.25) is 19.3 Å². The molecule has 150 valence electrons. The Hall–Kier alpha value is -3.29. The van der Waals surface area contributed by atoms with E-state index in [1.54, 1.807) is 0 Å². The number of likely N-dealkylation sites (tertiary alicyclic amines) is 1. The predicted molar refractivity (Wildman–Crippen MR) is 101 cm³/mol. The number of carbonyl (C=O) groups is 3. The number of hydrogen-bond donors (Lipinski definition) is 0. The van der Waals surface area contributed by atoms with Gasteiger partial charge in [0.05, 0.1) is 18.3 Å². The third kappa shape index (κ3) is 3.96. The fourth-order valence-corrected chi connectivity index (χ4v) is 3.64. The van der Waals surface area contributed by atoms with E-state index in [1.165, 1.54) is 4.90 Å². The molecule has 0 radical (unpaired) electrons. The van der Waals surface area contributed by atoms with E-state index in [2.05, 4.69) is 10.1 Å². The minimum absolute atomic E-state index is 0.0297. The number of benzene rings is 1. The monoisotopic (exact) mass is 395 g/mol. The van der Waals surface area contributed by atoms with Crippen molar-refractivity contribution in [2.75, 3.05) is 6.54 Å². The first-order valence-corrected chi connectivity index (χ1v) is 9.58. The Labute approximate surface area is 167 Å². The van der Waals surface area contributed by atoms with E-state index in [-0.39, 0.29) is 49.1 Å². The lowest BCUT2D eigenvalue weighted by Gasteiger charge is -2.14. The van der Waals surface area contributed by atoms with Crippen LogP contribution in [-0.2, 0) is 25.7 Å². The number of ether oxygens (including phenoxy) is 1. The van der Waals surface area contributed by atoms with Crippen molar-refractivity contribution in [3.05, 3.63) is 47.9 Å². The zero-order valence-corrected chi connectivity index (χ0v) is 16.0. The fourth-order valence-electron chi connectivity index (χ4n) is 3.64. The number of fused-ring (bicyclic) bond motifs is 1. The lowest BCUT2D eigenvalue weighted by atomic mass is 9.85. The van der Waals surface area contributed by atoms with Crippen molar-refractivity contribution in [2.45, 2.75) is 32.8 Å². The number of aromatic nitrogens is 2. The molecule has 1 aromatic heterocycles. The molecule has 2 amide bonds. The van der Waals surface area contributed by atoms with Crippen molar-refractivity contribution < 1.29 is 23.6 Å². The molecule has 1 aromatic carbocycles. The minimum Gasteiger partial charge on any atom is -0.456 e. The van der Waals surface area contributed by atoms with Gasteiger partial charge in [0, 0.05) is 12.1 Å². The molecule has 1 aliphatic heterocycles. The SMILES string of the molecule is Cc1ccc(-c2noc(COC(=O)CCN3C(=O)[C@H]4CC=CC[C@H]4C3=O)n2)cc1. The first kappa shape index (κ1) is 19.0. The molecule has 1 saturated heterocycles.